The number of benzene rings is 2. The van der Waals surface area contributed by atoms with Crippen LogP contribution in [0.3, 0.4) is 0 Å². The average Bonchev–Trinajstić information content (AvgIpc) is 2.70. The fourth-order valence-corrected chi connectivity index (χ4v) is 3.27. The lowest BCUT2D eigenvalue weighted by Gasteiger charge is -2.19. The smallest absolute Gasteiger partial charge is 0.322 e. The Morgan fingerprint density at radius 1 is 1.07 bits per heavy atom. The van der Waals surface area contributed by atoms with Crippen LogP contribution in [0.1, 0.15) is 35.3 Å². The van der Waals surface area contributed by atoms with Gasteiger partial charge in [-0.15, -0.1) is 0 Å². The van der Waals surface area contributed by atoms with Gasteiger partial charge < -0.3 is 5.32 Å². The highest BCUT2D eigenvalue weighted by atomic mass is 19.4. The monoisotopic (exact) mass is 401 g/mol. The number of halogens is 3. The van der Waals surface area contributed by atoms with Gasteiger partial charge in [-0.1, -0.05) is 44.2 Å². The summed E-state index contributed by atoms with van der Waals surface area (Å²) in [6.07, 6.45) is -3.69. The first kappa shape index (κ1) is 20.8. The third-order valence-electron chi connectivity index (χ3n) is 4.79. The van der Waals surface area contributed by atoms with Gasteiger partial charge >= 0.3 is 6.18 Å². The van der Waals surface area contributed by atoms with Crippen LogP contribution in [0, 0.1) is 0 Å². The Morgan fingerprint density at radius 3 is 2.48 bits per heavy atom. The fraction of sp³-hybridized carbons (Fsp3) is 0.273. The first-order valence-electron chi connectivity index (χ1n) is 9.41. The maximum absolute atomic E-state index is 13.7. The summed E-state index contributed by atoms with van der Waals surface area (Å²) in [6.45, 7) is 6.57. The summed E-state index contributed by atoms with van der Waals surface area (Å²) < 4.78 is 41.2. The molecule has 0 aliphatic rings. The largest absolute Gasteiger partial charge is 0.417 e. The van der Waals surface area contributed by atoms with E-state index in [1.54, 1.807) is 24.3 Å². The van der Waals surface area contributed by atoms with Crippen molar-refractivity contribution in [2.24, 2.45) is 0 Å². The molecule has 7 heteroatoms. The van der Waals surface area contributed by atoms with Crippen molar-refractivity contribution in [3.8, 4) is 0 Å². The Hall–Kier alpha value is -2.93. The topological polar surface area (TPSA) is 45.2 Å². The minimum atomic E-state index is -4.68. The van der Waals surface area contributed by atoms with Gasteiger partial charge in [0.25, 0.3) is 5.91 Å². The average molecular weight is 401 g/mol. The second-order valence-corrected chi connectivity index (χ2v) is 6.68. The summed E-state index contributed by atoms with van der Waals surface area (Å²) in [7, 11) is 0. The van der Waals surface area contributed by atoms with Crippen LogP contribution < -0.4 is 5.32 Å². The van der Waals surface area contributed by atoms with E-state index in [1.807, 2.05) is 6.07 Å². The number of rotatable bonds is 6. The molecule has 2 aromatic carbocycles. The van der Waals surface area contributed by atoms with E-state index in [0.29, 0.717) is 12.2 Å². The predicted molar refractivity (Wildman–Crippen MR) is 108 cm³/mol. The van der Waals surface area contributed by atoms with Crippen LogP contribution in [0.25, 0.3) is 10.9 Å². The first-order chi connectivity index (χ1) is 13.8. The summed E-state index contributed by atoms with van der Waals surface area (Å²) >= 11 is 0. The molecule has 0 bridgehead atoms. The number of carbonyl (C=O) groups excluding carboxylic acids is 1. The van der Waals surface area contributed by atoms with Crippen LogP contribution in [-0.4, -0.2) is 28.9 Å². The van der Waals surface area contributed by atoms with Crippen LogP contribution in [0.5, 0.6) is 0 Å². The molecule has 0 unspecified atom stereocenters. The number of aromatic nitrogens is 1. The lowest BCUT2D eigenvalue weighted by atomic mass is 10.0. The summed E-state index contributed by atoms with van der Waals surface area (Å²) in [5.41, 5.74) is 0.142. The molecule has 152 valence electrons. The highest BCUT2D eigenvalue weighted by molar-refractivity contribution is 6.07. The third-order valence-corrected chi connectivity index (χ3v) is 4.79. The molecule has 1 amide bonds. The molecule has 0 atom stereocenters. The molecule has 4 nitrogen and oxygen atoms in total. The van der Waals surface area contributed by atoms with Crippen LogP contribution in [-0.2, 0) is 12.7 Å². The zero-order valence-electron chi connectivity index (χ0n) is 16.3. The number of hydrogen-bond acceptors (Lipinski definition) is 3. The maximum atomic E-state index is 13.7. The number of nitrogens with zero attached hydrogens (tertiary/aromatic N) is 2. The molecule has 3 aromatic rings. The number of para-hydroxylation sites is 1. The lowest BCUT2D eigenvalue weighted by molar-refractivity contribution is -0.136. The highest BCUT2D eigenvalue weighted by Gasteiger charge is 2.37. The molecule has 0 aliphatic carbocycles. The van der Waals surface area contributed by atoms with Gasteiger partial charge in [-0.25, -0.2) is 0 Å². The van der Waals surface area contributed by atoms with Gasteiger partial charge in [-0.2, -0.15) is 13.2 Å². The Morgan fingerprint density at radius 2 is 1.79 bits per heavy atom. The summed E-state index contributed by atoms with van der Waals surface area (Å²) in [5, 5.41) is 2.49. The number of hydrogen-bond donors (Lipinski definition) is 1. The van der Waals surface area contributed by atoms with Crippen molar-refractivity contribution in [1.29, 1.82) is 0 Å². The van der Waals surface area contributed by atoms with Crippen molar-refractivity contribution in [2.75, 3.05) is 18.4 Å². The third kappa shape index (κ3) is 4.74. The van der Waals surface area contributed by atoms with Gasteiger partial charge in [0.2, 0.25) is 0 Å². The van der Waals surface area contributed by atoms with Crippen molar-refractivity contribution < 1.29 is 18.0 Å². The molecule has 29 heavy (non-hydrogen) atoms. The van der Waals surface area contributed by atoms with Crippen LogP contribution in [0.2, 0.25) is 0 Å². The first-order valence-corrected chi connectivity index (χ1v) is 9.41. The molecule has 1 N–H and O–H groups in total. The van der Waals surface area contributed by atoms with E-state index in [1.165, 1.54) is 18.2 Å². The van der Waals surface area contributed by atoms with Gasteiger partial charge in [0.15, 0.2) is 0 Å². The van der Waals surface area contributed by atoms with Gasteiger partial charge in [-0.05, 0) is 36.9 Å². The maximum Gasteiger partial charge on any atom is 0.417 e. The number of amides is 1. The summed E-state index contributed by atoms with van der Waals surface area (Å²) in [6, 6.07) is 13.1. The van der Waals surface area contributed by atoms with Crippen molar-refractivity contribution in [3.63, 3.8) is 0 Å². The van der Waals surface area contributed by atoms with E-state index in [9.17, 15) is 18.0 Å². The van der Waals surface area contributed by atoms with Crippen molar-refractivity contribution in [1.82, 2.24) is 9.88 Å². The summed E-state index contributed by atoms with van der Waals surface area (Å²) in [5.74, 6) is -0.837. The van der Waals surface area contributed by atoms with E-state index < -0.39 is 23.2 Å². The Balaban J connectivity index is 1.93. The van der Waals surface area contributed by atoms with E-state index in [0.717, 1.165) is 24.8 Å². The van der Waals surface area contributed by atoms with Crippen LogP contribution in [0.4, 0.5) is 18.9 Å². The lowest BCUT2D eigenvalue weighted by Crippen LogP contribution is -2.22. The molecule has 1 heterocycles. The second kappa shape index (κ2) is 8.61. The molecule has 0 spiro atoms. The molecular formula is C22H22F3N3O. The standard InChI is InChI=1S/C22H22F3N3O/c1-3-28(4-2)14-15-8-7-9-16(12-15)27-21(29)18-13-26-19-11-6-5-10-17(19)20(18)22(23,24)25/h5-13H,3-4,14H2,1-2H3,(H,27,29). The van der Waals surface area contributed by atoms with E-state index in [4.69, 9.17) is 0 Å². The normalized spacial score (nSPS) is 11.8. The zero-order chi connectivity index (χ0) is 21.0. The molecule has 3 rings (SSSR count). The number of pyridine rings is 1. The zero-order valence-corrected chi connectivity index (χ0v) is 16.3. The molecule has 0 fully saturated rings. The SMILES string of the molecule is CCN(CC)Cc1cccc(NC(=O)c2cnc3ccccc3c2C(F)(F)F)c1. The van der Waals surface area contributed by atoms with Gasteiger partial charge in [0.05, 0.1) is 16.6 Å². The fourth-order valence-electron chi connectivity index (χ4n) is 3.27. The molecule has 1 aromatic heterocycles. The Kier molecular flexibility index (Phi) is 6.17. The number of alkyl halides is 3. The van der Waals surface area contributed by atoms with Crippen molar-refractivity contribution >= 4 is 22.5 Å². The number of carbonyl (C=O) groups is 1. The van der Waals surface area contributed by atoms with E-state index in [2.05, 4.69) is 29.0 Å². The molecule has 0 radical (unpaired) electrons. The number of anilines is 1. The van der Waals surface area contributed by atoms with Crippen molar-refractivity contribution in [2.45, 2.75) is 26.6 Å². The van der Waals surface area contributed by atoms with Gasteiger partial charge in [0, 0.05) is 23.8 Å². The van der Waals surface area contributed by atoms with Crippen LogP contribution >= 0.6 is 0 Å². The van der Waals surface area contributed by atoms with Crippen molar-refractivity contribution in [3.05, 3.63) is 71.4 Å². The summed E-state index contributed by atoms with van der Waals surface area (Å²) in [4.78, 5) is 18.9. The van der Waals surface area contributed by atoms with E-state index >= 15 is 0 Å². The Bertz CT molecular complexity index is 1010. The quantitative estimate of drug-likeness (QED) is 0.606. The molecule has 0 saturated heterocycles. The molecule has 0 saturated carbocycles. The predicted octanol–water partition coefficient (Wildman–Crippen LogP) is 5.35. The number of fused-ring (bicyclic) bond motifs is 1. The molecule has 0 aliphatic heterocycles. The Labute approximate surface area is 167 Å². The van der Waals surface area contributed by atoms with E-state index in [-0.39, 0.29) is 10.9 Å². The minimum absolute atomic E-state index is 0.0945. The highest BCUT2D eigenvalue weighted by Crippen LogP contribution is 2.37. The van der Waals surface area contributed by atoms with Gasteiger partial charge in [-0.3, -0.25) is 14.7 Å². The van der Waals surface area contributed by atoms with Gasteiger partial charge in [0.1, 0.15) is 0 Å². The number of nitrogens with one attached hydrogen (secondary N) is 1. The minimum Gasteiger partial charge on any atom is -0.322 e. The van der Waals surface area contributed by atoms with Crippen LogP contribution in [0.15, 0.2) is 54.7 Å². The molecular weight excluding hydrogens is 379 g/mol. The second-order valence-electron chi connectivity index (χ2n) is 6.68.